The molecule has 0 fully saturated rings. The molecule has 110 valence electrons. The quantitative estimate of drug-likeness (QED) is 0.785. The van der Waals surface area contributed by atoms with Crippen molar-refractivity contribution in [2.24, 2.45) is 7.05 Å². The lowest BCUT2D eigenvalue weighted by Crippen LogP contribution is -2.30. The molecular formula is C13H13BrN4O3. The fourth-order valence-corrected chi connectivity index (χ4v) is 2.18. The van der Waals surface area contributed by atoms with Crippen LogP contribution in [0.25, 0.3) is 0 Å². The number of aromatic carboxylic acids is 1. The van der Waals surface area contributed by atoms with Crippen LogP contribution in [0.1, 0.15) is 16.2 Å². The Morgan fingerprint density at radius 2 is 2.19 bits per heavy atom. The number of carbonyl (C=O) groups excluding carboxylic acids is 1. The summed E-state index contributed by atoms with van der Waals surface area (Å²) in [6.45, 7) is 0.238. The van der Waals surface area contributed by atoms with Crippen LogP contribution in [0.4, 0.5) is 10.5 Å². The maximum absolute atomic E-state index is 11.9. The van der Waals surface area contributed by atoms with Crippen molar-refractivity contribution in [3.63, 3.8) is 0 Å². The molecular weight excluding hydrogens is 340 g/mol. The first kappa shape index (κ1) is 15.0. The van der Waals surface area contributed by atoms with E-state index in [4.69, 9.17) is 5.11 Å². The van der Waals surface area contributed by atoms with E-state index in [9.17, 15) is 9.59 Å². The topological polar surface area (TPSA) is 96.3 Å². The summed E-state index contributed by atoms with van der Waals surface area (Å²) in [6.07, 6.45) is 3.40. The average molecular weight is 353 g/mol. The van der Waals surface area contributed by atoms with Crippen molar-refractivity contribution >= 4 is 33.6 Å². The number of rotatable bonds is 4. The molecule has 1 aromatic heterocycles. The third-order valence-electron chi connectivity index (χ3n) is 2.81. The summed E-state index contributed by atoms with van der Waals surface area (Å²) in [5, 5.41) is 14.3. The van der Waals surface area contributed by atoms with Crippen molar-refractivity contribution in [3.8, 4) is 0 Å². The summed E-state index contributed by atoms with van der Waals surface area (Å²) in [7, 11) is 1.82. The number of urea groups is 1. The smallest absolute Gasteiger partial charge is 0.337 e. The molecule has 0 aliphatic heterocycles. The van der Waals surface area contributed by atoms with E-state index in [-0.39, 0.29) is 17.8 Å². The molecule has 3 N–H and O–H groups in total. The molecule has 1 aromatic carbocycles. The maximum Gasteiger partial charge on any atom is 0.337 e. The number of amides is 2. The van der Waals surface area contributed by atoms with Crippen LogP contribution in [0.3, 0.4) is 0 Å². The minimum Gasteiger partial charge on any atom is -0.478 e. The predicted octanol–water partition coefficient (Wildman–Crippen LogP) is 2.20. The van der Waals surface area contributed by atoms with Gasteiger partial charge in [-0.2, -0.15) is 0 Å². The SMILES string of the molecule is Cn1ccnc1CNC(=O)Nc1c(Br)cccc1C(=O)O. The van der Waals surface area contributed by atoms with Crippen molar-refractivity contribution in [2.75, 3.05) is 5.32 Å². The van der Waals surface area contributed by atoms with Gasteiger partial charge < -0.3 is 20.3 Å². The van der Waals surface area contributed by atoms with E-state index in [2.05, 4.69) is 31.5 Å². The molecule has 7 nitrogen and oxygen atoms in total. The highest BCUT2D eigenvalue weighted by Gasteiger charge is 2.15. The van der Waals surface area contributed by atoms with E-state index in [0.29, 0.717) is 10.3 Å². The van der Waals surface area contributed by atoms with Crippen molar-refractivity contribution in [1.29, 1.82) is 0 Å². The van der Waals surface area contributed by atoms with E-state index in [1.54, 1.807) is 29.1 Å². The summed E-state index contributed by atoms with van der Waals surface area (Å²) in [6, 6.07) is 4.15. The Labute approximate surface area is 129 Å². The fourth-order valence-electron chi connectivity index (χ4n) is 1.71. The number of carboxylic acid groups (broad SMARTS) is 1. The van der Waals surface area contributed by atoms with Gasteiger partial charge in [0.1, 0.15) is 5.82 Å². The number of nitrogens with one attached hydrogen (secondary N) is 2. The van der Waals surface area contributed by atoms with Crippen LogP contribution in [0, 0.1) is 0 Å². The van der Waals surface area contributed by atoms with Crippen LogP contribution < -0.4 is 10.6 Å². The lowest BCUT2D eigenvalue weighted by Gasteiger charge is -2.11. The highest BCUT2D eigenvalue weighted by atomic mass is 79.9. The number of aryl methyl sites for hydroxylation is 1. The first-order chi connectivity index (χ1) is 9.99. The van der Waals surface area contributed by atoms with Gasteiger partial charge in [-0.3, -0.25) is 0 Å². The molecule has 8 heteroatoms. The number of carbonyl (C=O) groups is 2. The standard InChI is InChI=1S/C13H13BrN4O3/c1-18-6-5-15-10(18)7-16-13(21)17-11-8(12(19)20)3-2-4-9(11)14/h2-6H,7H2,1H3,(H,19,20)(H2,16,17,21). The zero-order valence-corrected chi connectivity index (χ0v) is 12.7. The fraction of sp³-hybridized carbons (Fsp3) is 0.154. The first-order valence-electron chi connectivity index (χ1n) is 6.02. The number of nitrogens with zero attached hydrogens (tertiary/aromatic N) is 2. The van der Waals surface area contributed by atoms with Crippen LogP contribution in [-0.4, -0.2) is 26.7 Å². The monoisotopic (exact) mass is 352 g/mol. The molecule has 2 amide bonds. The summed E-state index contributed by atoms with van der Waals surface area (Å²) in [4.78, 5) is 27.1. The number of hydrogen-bond donors (Lipinski definition) is 3. The number of anilines is 1. The van der Waals surface area contributed by atoms with Crippen molar-refractivity contribution in [3.05, 3.63) is 46.5 Å². The highest BCUT2D eigenvalue weighted by Crippen LogP contribution is 2.26. The molecule has 21 heavy (non-hydrogen) atoms. The van der Waals surface area contributed by atoms with Gasteiger partial charge in [0, 0.05) is 23.9 Å². The largest absolute Gasteiger partial charge is 0.478 e. The Morgan fingerprint density at radius 1 is 1.43 bits per heavy atom. The average Bonchev–Trinajstić information content (AvgIpc) is 2.84. The second-order valence-electron chi connectivity index (χ2n) is 4.23. The number of hydrogen-bond acceptors (Lipinski definition) is 3. The molecule has 2 rings (SSSR count). The Morgan fingerprint density at radius 3 is 2.81 bits per heavy atom. The second-order valence-corrected chi connectivity index (χ2v) is 5.08. The van der Waals surface area contributed by atoms with Gasteiger partial charge in [0.25, 0.3) is 0 Å². The summed E-state index contributed by atoms with van der Waals surface area (Å²) >= 11 is 3.22. The predicted molar refractivity (Wildman–Crippen MR) is 80.2 cm³/mol. The Kier molecular flexibility index (Phi) is 4.59. The van der Waals surface area contributed by atoms with Gasteiger partial charge in [-0.25, -0.2) is 14.6 Å². The third kappa shape index (κ3) is 3.60. The number of benzene rings is 1. The normalized spacial score (nSPS) is 10.2. The van der Waals surface area contributed by atoms with Gasteiger partial charge in [-0.05, 0) is 28.1 Å². The van der Waals surface area contributed by atoms with Gasteiger partial charge in [-0.15, -0.1) is 0 Å². The van der Waals surface area contributed by atoms with E-state index in [0.717, 1.165) is 0 Å². The third-order valence-corrected chi connectivity index (χ3v) is 3.47. The molecule has 0 saturated heterocycles. The van der Waals surface area contributed by atoms with Crippen LogP contribution in [0.15, 0.2) is 35.1 Å². The van der Waals surface area contributed by atoms with Gasteiger partial charge >= 0.3 is 12.0 Å². The molecule has 0 aliphatic carbocycles. The van der Waals surface area contributed by atoms with E-state index in [1.807, 2.05) is 7.05 Å². The molecule has 0 unspecified atom stereocenters. The number of halogens is 1. The summed E-state index contributed by atoms with van der Waals surface area (Å²) < 4.78 is 2.27. The Bertz CT molecular complexity index is 684. The number of carboxylic acids is 1. The molecule has 1 heterocycles. The Balaban J connectivity index is 2.06. The zero-order valence-electron chi connectivity index (χ0n) is 11.1. The number of imidazole rings is 1. The van der Waals surface area contributed by atoms with Gasteiger partial charge in [0.05, 0.1) is 17.8 Å². The van der Waals surface area contributed by atoms with Gasteiger partial charge in [0.2, 0.25) is 0 Å². The Hall–Kier alpha value is -2.35. The van der Waals surface area contributed by atoms with Crippen LogP contribution in [0.5, 0.6) is 0 Å². The first-order valence-corrected chi connectivity index (χ1v) is 6.81. The molecule has 0 saturated carbocycles. The number of para-hydroxylation sites is 1. The lowest BCUT2D eigenvalue weighted by molar-refractivity contribution is 0.0698. The molecule has 0 atom stereocenters. The molecule has 0 aliphatic rings. The van der Waals surface area contributed by atoms with Crippen molar-refractivity contribution in [2.45, 2.75) is 6.54 Å². The molecule has 0 radical (unpaired) electrons. The second kappa shape index (κ2) is 6.40. The van der Waals surface area contributed by atoms with Crippen LogP contribution in [0.2, 0.25) is 0 Å². The maximum atomic E-state index is 11.9. The van der Waals surface area contributed by atoms with Crippen molar-refractivity contribution < 1.29 is 14.7 Å². The van der Waals surface area contributed by atoms with E-state index < -0.39 is 12.0 Å². The van der Waals surface area contributed by atoms with Crippen LogP contribution >= 0.6 is 15.9 Å². The van der Waals surface area contributed by atoms with Crippen molar-refractivity contribution in [1.82, 2.24) is 14.9 Å². The minimum atomic E-state index is -1.12. The van der Waals surface area contributed by atoms with Crippen LogP contribution in [-0.2, 0) is 13.6 Å². The van der Waals surface area contributed by atoms with Gasteiger partial charge in [-0.1, -0.05) is 6.07 Å². The summed E-state index contributed by atoms with van der Waals surface area (Å²) in [5.74, 6) is -0.425. The van der Waals surface area contributed by atoms with E-state index >= 15 is 0 Å². The number of aromatic nitrogens is 2. The lowest BCUT2D eigenvalue weighted by atomic mass is 10.2. The zero-order chi connectivity index (χ0) is 15.4. The molecule has 0 bridgehead atoms. The van der Waals surface area contributed by atoms with Gasteiger partial charge in [0.15, 0.2) is 0 Å². The summed E-state index contributed by atoms with van der Waals surface area (Å²) in [5.41, 5.74) is 0.221. The van der Waals surface area contributed by atoms with E-state index in [1.165, 1.54) is 6.07 Å². The molecule has 2 aromatic rings. The highest BCUT2D eigenvalue weighted by molar-refractivity contribution is 9.10. The minimum absolute atomic E-state index is 0.0107. The molecule has 0 spiro atoms.